The molecule has 0 radical (unpaired) electrons. The SMILES string of the molecule is CCOC(C)(CC)c1nc(N)c(Br)c(-c2ccccc2)n1. The van der Waals surface area contributed by atoms with Crippen LogP contribution in [0.25, 0.3) is 11.3 Å². The number of rotatable bonds is 5. The topological polar surface area (TPSA) is 61.0 Å². The lowest BCUT2D eigenvalue weighted by molar-refractivity contribution is -0.0388. The van der Waals surface area contributed by atoms with Crippen LogP contribution in [-0.4, -0.2) is 16.6 Å². The van der Waals surface area contributed by atoms with Gasteiger partial charge >= 0.3 is 0 Å². The van der Waals surface area contributed by atoms with Gasteiger partial charge in [-0.15, -0.1) is 0 Å². The minimum atomic E-state index is -0.535. The van der Waals surface area contributed by atoms with Gasteiger partial charge in [-0.25, -0.2) is 9.97 Å². The third-order valence-electron chi connectivity index (χ3n) is 3.53. The number of aromatic nitrogens is 2. The fourth-order valence-electron chi connectivity index (χ4n) is 2.13. The molecule has 5 heteroatoms. The van der Waals surface area contributed by atoms with Crippen molar-refractivity contribution < 1.29 is 4.74 Å². The van der Waals surface area contributed by atoms with Gasteiger partial charge in [0.2, 0.25) is 0 Å². The fraction of sp³-hybridized carbons (Fsp3) is 0.375. The van der Waals surface area contributed by atoms with Gasteiger partial charge in [0, 0.05) is 12.2 Å². The molecule has 0 aliphatic rings. The molecule has 1 unspecified atom stereocenters. The molecule has 0 aliphatic heterocycles. The zero-order chi connectivity index (χ0) is 15.5. The standard InChI is InChI=1S/C16H20BrN3O/c1-4-16(3,21-5-2)15-19-13(12(17)14(18)20-15)11-9-7-6-8-10-11/h6-10H,4-5H2,1-3H3,(H2,18,19,20). The van der Waals surface area contributed by atoms with Crippen LogP contribution in [0.5, 0.6) is 0 Å². The Hall–Kier alpha value is -1.46. The highest BCUT2D eigenvalue weighted by Gasteiger charge is 2.30. The summed E-state index contributed by atoms with van der Waals surface area (Å²) in [7, 11) is 0. The van der Waals surface area contributed by atoms with E-state index in [9.17, 15) is 0 Å². The number of nitrogens with two attached hydrogens (primary N) is 1. The normalized spacial score (nSPS) is 13.9. The van der Waals surface area contributed by atoms with E-state index >= 15 is 0 Å². The van der Waals surface area contributed by atoms with Crippen molar-refractivity contribution in [1.82, 2.24) is 9.97 Å². The van der Waals surface area contributed by atoms with Crippen LogP contribution < -0.4 is 5.73 Å². The van der Waals surface area contributed by atoms with Crippen LogP contribution in [0.2, 0.25) is 0 Å². The first-order valence-electron chi connectivity index (χ1n) is 7.04. The molecule has 1 aromatic carbocycles. The molecule has 4 nitrogen and oxygen atoms in total. The van der Waals surface area contributed by atoms with Gasteiger partial charge in [0.25, 0.3) is 0 Å². The van der Waals surface area contributed by atoms with E-state index in [4.69, 9.17) is 15.5 Å². The van der Waals surface area contributed by atoms with Gasteiger partial charge in [0.1, 0.15) is 11.4 Å². The Morgan fingerprint density at radius 1 is 1.19 bits per heavy atom. The van der Waals surface area contributed by atoms with Gasteiger partial charge in [0.05, 0.1) is 10.2 Å². The Labute approximate surface area is 133 Å². The van der Waals surface area contributed by atoms with Gasteiger partial charge in [-0.3, -0.25) is 0 Å². The summed E-state index contributed by atoms with van der Waals surface area (Å²) in [4.78, 5) is 9.12. The highest BCUT2D eigenvalue weighted by atomic mass is 79.9. The fourth-order valence-corrected chi connectivity index (χ4v) is 2.54. The van der Waals surface area contributed by atoms with Crippen LogP contribution in [0, 0.1) is 0 Å². The van der Waals surface area contributed by atoms with E-state index in [1.807, 2.05) is 44.2 Å². The molecule has 0 spiro atoms. The third kappa shape index (κ3) is 3.24. The predicted molar refractivity (Wildman–Crippen MR) is 88.8 cm³/mol. The lowest BCUT2D eigenvalue weighted by atomic mass is 10.0. The van der Waals surface area contributed by atoms with Crippen LogP contribution in [-0.2, 0) is 10.3 Å². The number of benzene rings is 1. The number of hydrogen-bond donors (Lipinski definition) is 1. The first-order chi connectivity index (χ1) is 10.0. The van der Waals surface area contributed by atoms with Crippen LogP contribution in [0.1, 0.15) is 33.0 Å². The molecule has 1 heterocycles. The van der Waals surface area contributed by atoms with Crippen LogP contribution in [0.3, 0.4) is 0 Å². The summed E-state index contributed by atoms with van der Waals surface area (Å²) in [5, 5.41) is 0. The summed E-state index contributed by atoms with van der Waals surface area (Å²) in [6.07, 6.45) is 0.774. The van der Waals surface area contributed by atoms with Crippen molar-refractivity contribution in [1.29, 1.82) is 0 Å². The average molecular weight is 350 g/mol. The molecule has 21 heavy (non-hydrogen) atoms. The molecule has 112 valence electrons. The molecule has 0 aliphatic carbocycles. The van der Waals surface area contributed by atoms with E-state index in [1.54, 1.807) is 0 Å². The monoisotopic (exact) mass is 349 g/mol. The molecular weight excluding hydrogens is 330 g/mol. The molecular formula is C16H20BrN3O. The Kier molecular flexibility index (Phi) is 4.96. The largest absolute Gasteiger partial charge is 0.383 e. The molecule has 2 aromatic rings. The van der Waals surface area contributed by atoms with E-state index < -0.39 is 5.60 Å². The number of hydrogen-bond acceptors (Lipinski definition) is 4. The van der Waals surface area contributed by atoms with Crippen LogP contribution >= 0.6 is 15.9 Å². The molecule has 2 N–H and O–H groups in total. The summed E-state index contributed by atoms with van der Waals surface area (Å²) >= 11 is 3.49. The minimum Gasteiger partial charge on any atom is -0.383 e. The van der Waals surface area contributed by atoms with Crippen molar-refractivity contribution >= 4 is 21.7 Å². The van der Waals surface area contributed by atoms with Gasteiger partial charge < -0.3 is 10.5 Å². The first kappa shape index (κ1) is 15.9. The molecule has 1 atom stereocenters. The Morgan fingerprint density at radius 2 is 1.86 bits per heavy atom. The highest BCUT2D eigenvalue weighted by molar-refractivity contribution is 9.10. The maximum atomic E-state index is 6.05. The number of anilines is 1. The Morgan fingerprint density at radius 3 is 2.43 bits per heavy atom. The summed E-state index contributed by atoms with van der Waals surface area (Å²) in [6, 6.07) is 9.92. The van der Waals surface area contributed by atoms with Crippen molar-refractivity contribution in [3.05, 3.63) is 40.6 Å². The van der Waals surface area contributed by atoms with E-state index in [2.05, 4.69) is 27.8 Å². The second-order valence-electron chi connectivity index (χ2n) is 4.98. The molecule has 0 saturated carbocycles. The van der Waals surface area contributed by atoms with Gasteiger partial charge in [-0.2, -0.15) is 0 Å². The zero-order valence-corrected chi connectivity index (χ0v) is 14.1. The summed E-state index contributed by atoms with van der Waals surface area (Å²) < 4.78 is 6.57. The van der Waals surface area contributed by atoms with Gasteiger partial charge in [-0.1, -0.05) is 37.3 Å². The van der Waals surface area contributed by atoms with E-state index in [1.165, 1.54) is 0 Å². The zero-order valence-electron chi connectivity index (χ0n) is 12.6. The molecule has 0 amide bonds. The lowest BCUT2D eigenvalue weighted by Gasteiger charge is -2.27. The first-order valence-corrected chi connectivity index (χ1v) is 7.84. The Bertz CT molecular complexity index is 618. The molecule has 1 aromatic heterocycles. The van der Waals surface area contributed by atoms with Gasteiger partial charge in [-0.05, 0) is 36.2 Å². The van der Waals surface area contributed by atoms with E-state index in [0.29, 0.717) is 22.7 Å². The molecule has 0 saturated heterocycles. The highest BCUT2D eigenvalue weighted by Crippen LogP contribution is 2.34. The number of ether oxygens (including phenoxy) is 1. The van der Waals surface area contributed by atoms with Crippen molar-refractivity contribution in [2.24, 2.45) is 0 Å². The second-order valence-corrected chi connectivity index (χ2v) is 5.77. The summed E-state index contributed by atoms with van der Waals surface area (Å²) in [5.41, 5.74) is 7.30. The minimum absolute atomic E-state index is 0.429. The number of halogens is 1. The summed E-state index contributed by atoms with van der Waals surface area (Å²) in [5.74, 6) is 1.05. The maximum absolute atomic E-state index is 6.05. The van der Waals surface area contributed by atoms with Crippen molar-refractivity contribution in [2.75, 3.05) is 12.3 Å². The lowest BCUT2D eigenvalue weighted by Crippen LogP contribution is -2.28. The van der Waals surface area contributed by atoms with Crippen molar-refractivity contribution in [3.63, 3.8) is 0 Å². The second kappa shape index (κ2) is 6.54. The number of nitrogen functional groups attached to an aromatic ring is 1. The Balaban J connectivity index is 2.58. The van der Waals surface area contributed by atoms with E-state index in [0.717, 1.165) is 17.7 Å². The smallest absolute Gasteiger partial charge is 0.163 e. The molecule has 2 rings (SSSR count). The quantitative estimate of drug-likeness (QED) is 0.880. The third-order valence-corrected chi connectivity index (χ3v) is 4.32. The summed E-state index contributed by atoms with van der Waals surface area (Å²) in [6.45, 7) is 6.62. The van der Waals surface area contributed by atoms with Crippen molar-refractivity contribution in [3.8, 4) is 11.3 Å². The van der Waals surface area contributed by atoms with E-state index in [-0.39, 0.29) is 0 Å². The van der Waals surface area contributed by atoms with Crippen molar-refractivity contribution in [2.45, 2.75) is 32.8 Å². The number of nitrogens with zero attached hydrogens (tertiary/aromatic N) is 2. The van der Waals surface area contributed by atoms with Gasteiger partial charge in [0.15, 0.2) is 5.82 Å². The predicted octanol–water partition coefficient (Wildman–Crippen LogP) is 4.15. The molecule has 0 fully saturated rings. The average Bonchev–Trinajstić information content (AvgIpc) is 2.50. The van der Waals surface area contributed by atoms with Crippen LogP contribution in [0.15, 0.2) is 34.8 Å². The molecule has 0 bridgehead atoms. The maximum Gasteiger partial charge on any atom is 0.163 e. The van der Waals surface area contributed by atoms with Crippen LogP contribution in [0.4, 0.5) is 5.82 Å².